The van der Waals surface area contributed by atoms with Crippen LogP contribution in [0.5, 0.6) is 0 Å². The van der Waals surface area contributed by atoms with Gasteiger partial charge in [0.2, 0.25) is 10.0 Å². The molecule has 0 spiro atoms. The maximum Gasteiger partial charge on any atom is 0.275 e. The van der Waals surface area contributed by atoms with Gasteiger partial charge in [0, 0.05) is 11.6 Å². The zero-order chi connectivity index (χ0) is 21.2. The van der Waals surface area contributed by atoms with Crippen LogP contribution in [0.15, 0.2) is 76.6 Å². The molecular formula is C19H14F3N3O3S. The third kappa shape index (κ3) is 4.61. The Morgan fingerprint density at radius 2 is 1.62 bits per heavy atom. The lowest BCUT2D eigenvalue weighted by Gasteiger charge is -2.12. The second-order valence-electron chi connectivity index (χ2n) is 5.99. The number of aromatic nitrogens is 2. The van der Waals surface area contributed by atoms with Gasteiger partial charge in [-0.05, 0) is 35.4 Å². The third-order valence-corrected chi connectivity index (χ3v) is 5.02. The van der Waals surface area contributed by atoms with Crippen molar-refractivity contribution in [3.63, 3.8) is 0 Å². The van der Waals surface area contributed by atoms with Gasteiger partial charge in [-0.25, -0.2) is 22.6 Å². The number of halogens is 3. The van der Waals surface area contributed by atoms with Crippen molar-refractivity contribution in [3.8, 4) is 22.3 Å². The summed E-state index contributed by atoms with van der Waals surface area (Å²) in [4.78, 5) is 12.8. The first-order valence-electron chi connectivity index (χ1n) is 8.17. The molecule has 0 aliphatic heterocycles. The molecule has 0 saturated carbocycles. The summed E-state index contributed by atoms with van der Waals surface area (Å²) in [6, 6.07) is 10.5. The summed E-state index contributed by atoms with van der Waals surface area (Å²) >= 11 is 0. The normalized spacial score (nSPS) is 11.3. The maximum absolute atomic E-state index is 13.3. The number of primary sulfonamides is 1. The van der Waals surface area contributed by atoms with Crippen molar-refractivity contribution in [1.29, 1.82) is 0 Å². The molecule has 0 bridgehead atoms. The molecular weight excluding hydrogens is 407 g/mol. The van der Waals surface area contributed by atoms with Gasteiger partial charge in [0.15, 0.2) is 0 Å². The second kappa shape index (κ2) is 8.02. The average Bonchev–Trinajstić information content (AvgIpc) is 2.67. The Morgan fingerprint density at radius 3 is 2.17 bits per heavy atom. The SMILES string of the molecule is NS(=O)(=O)c1ccc(-c2cnn(CC=C(F)F)c(=O)c2-c2ccc(F)cc2)cc1. The van der Waals surface area contributed by atoms with Gasteiger partial charge in [-0.3, -0.25) is 4.79 Å². The fourth-order valence-electron chi connectivity index (χ4n) is 2.71. The summed E-state index contributed by atoms with van der Waals surface area (Å²) in [5.41, 5.74) is 0.560. The molecule has 0 atom stereocenters. The molecule has 1 aromatic heterocycles. The largest absolute Gasteiger partial charge is 0.275 e. The second-order valence-corrected chi connectivity index (χ2v) is 7.55. The molecule has 3 aromatic rings. The minimum Gasteiger partial charge on any atom is -0.267 e. The van der Waals surface area contributed by atoms with Gasteiger partial charge in [0.25, 0.3) is 11.6 Å². The molecule has 0 saturated heterocycles. The standard InChI is InChI=1S/C19H14F3N3O3S/c20-14-5-1-13(2-6-14)18-16(11-24-25(19(18)26)10-9-17(21)22)12-3-7-15(8-4-12)29(23,27)28/h1-9,11H,10H2,(H2,23,27,28). The summed E-state index contributed by atoms with van der Waals surface area (Å²) < 4.78 is 61.9. The molecule has 6 nitrogen and oxygen atoms in total. The minimum atomic E-state index is -3.90. The molecule has 2 N–H and O–H groups in total. The van der Waals surface area contributed by atoms with Crippen molar-refractivity contribution in [1.82, 2.24) is 9.78 Å². The lowest BCUT2D eigenvalue weighted by Crippen LogP contribution is -2.24. The molecule has 2 aromatic carbocycles. The van der Waals surface area contributed by atoms with Crippen LogP contribution in [0.1, 0.15) is 0 Å². The van der Waals surface area contributed by atoms with E-state index in [1.807, 2.05) is 0 Å². The Kier molecular flexibility index (Phi) is 5.66. The number of nitrogens with two attached hydrogens (primary N) is 1. The zero-order valence-electron chi connectivity index (χ0n) is 14.7. The average molecular weight is 421 g/mol. The van der Waals surface area contributed by atoms with E-state index in [0.717, 1.165) is 16.8 Å². The van der Waals surface area contributed by atoms with Crippen LogP contribution < -0.4 is 10.7 Å². The number of benzene rings is 2. The van der Waals surface area contributed by atoms with Gasteiger partial charge in [0.05, 0.1) is 23.2 Å². The Bertz CT molecular complexity index is 1230. The van der Waals surface area contributed by atoms with Gasteiger partial charge < -0.3 is 0 Å². The fraction of sp³-hybridized carbons (Fsp3) is 0.0526. The third-order valence-electron chi connectivity index (χ3n) is 4.09. The summed E-state index contributed by atoms with van der Waals surface area (Å²) in [6.07, 6.45) is -0.107. The van der Waals surface area contributed by atoms with Crippen LogP contribution in [0.4, 0.5) is 13.2 Å². The van der Waals surface area contributed by atoms with Crippen LogP contribution in [0.25, 0.3) is 22.3 Å². The van der Waals surface area contributed by atoms with Crippen LogP contribution in [-0.2, 0) is 16.6 Å². The van der Waals surface area contributed by atoms with Crippen molar-refractivity contribution in [2.75, 3.05) is 0 Å². The van der Waals surface area contributed by atoms with E-state index < -0.39 is 34.0 Å². The molecule has 29 heavy (non-hydrogen) atoms. The molecule has 0 unspecified atom stereocenters. The van der Waals surface area contributed by atoms with E-state index in [-0.39, 0.29) is 10.5 Å². The van der Waals surface area contributed by atoms with E-state index in [0.29, 0.717) is 22.8 Å². The Balaban J connectivity index is 2.21. The molecule has 0 aliphatic rings. The van der Waals surface area contributed by atoms with E-state index in [9.17, 15) is 26.4 Å². The van der Waals surface area contributed by atoms with Crippen LogP contribution in [0.3, 0.4) is 0 Å². The first-order valence-corrected chi connectivity index (χ1v) is 9.72. The first kappa shape index (κ1) is 20.5. The lowest BCUT2D eigenvalue weighted by molar-refractivity contribution is 0.413. The smallest absolute Gasteiger partial charge is 0.267 e. The van der Waals surface area contributed by atoms with Crippen LogP contribution >= 0.6 is 0 Å². The van der Waals surface area contributed by atoms with E-state index >= 15 is 0 Å². The number of rotatable bonds is 5. The molecule has 3 rings (SSSR count). The van der Waals surface area contributed by atoms with E-state index in [2.05, 4.69) is 5.10 Å². The van der Waals surface area contributed by atoms with Gasteiger partial charge in [-0.2, -0.15) is 13.9 Å². The quantitative estimate of drug-likeness (QED) is 0.685. The topological polar surface area (TPSA) is 95.1 Å². The first-order chi connectivity index (χ1) is 13.7. The van der Waals surface area contributed by atoms with Crippen LogP contribution in [0.2, 0.25) is 0 Å². The summed E-state index contributed by atoms with van der Waals surface area (Å²) in [6.45, 7) is -0.444. The summed E-state index contributed by atoms with van der Waals surface area (Å²) in [5.74, 6) is -0.510. The highest BCUT2D eigenvalue weighted by Gasteiger charge is 2.16. The van der Waals surface area contributed by atoms with Crippen molar-refractivity contribution >= 4 is 10.0 Å². The molecule has 1 heterocycles. The highest BCUT2D eigenvalue weighted by Crippen LogP contribution is 2.29. The van der Waals surface area contributed by atoms with E-state index in [4.69, 9.17) is 5.14 Å². The Labute approximate surface area is 163 Å². The monoisotopic (exact) mass is 421 g/mol. The zero-order valence-corrected chi connectivity index (χ0v) is 15.5. The number of sulfonamides is 1. The molecule has 150 valence electrons. The Morgan fingerprint density at radius 1 is 1.03 bits per heavy atom. The van der Waals surface area contributed by atoms with Crippen LogP contribution in [-0.4, -0.2) is 18.2 Å². The lowest BCUT2D eigenvalue weighted by atomic mass is 9.97. The molecule has 0 radical (unpaired) electrons. The maximum atomic E-state index is 13.3. The van der Waals surface area contributed by atoms with Crippen molar-refractivity contribution < 1.29 is 21.6 Å². The molecule has 0 aliphatic carbocycles. The number of nitrogens with zero attached hydrogens (tertiary/aromatic N) is 2. The number of hydrogen-bond donors (Lipinski definition) is 1. The van der Waals surface area contributed by atoms with Crippen molar-refractivity contribution in [3.05, 3.63) is 83.1 Å². The highest BCUT2D eigenvalue weighted by atomic mass is 32.2. The molecule has 0 fully saturated rings. The number of hydrogen-bond acceptors (Lipinski definition) is 4. The molecule has 10 heteroatoms. The summed E-state index contributed by atoms with van der Waals surface area (Å²) in [5, 5.41) is 9.00. The van der Waals surface area contributed by atoms with Crippen LogP contribution in [0, 0.1) is 5.82 Å². The van der Waals surface area contributed by atoms with E-state index in [1.54, 1.807) is 0 Å². The predicted molar refractivity (Wildman–Crippen MR) is 101 cm³/mol. The summed E-state index contributed by atoms with van der Waals surface area (Å²) in [7, 11) is -3.90. The highest BCUT2D eigenvalue weighted by molar-refractivity contribution is 7.89. The van der Waals surface area contributed by atoms with Crippen molar-refractivity contribution in [2.45, 2.75) is 11.4 Å². The van der Waals surface area contributed by atoms with Gasteiger partial charge in [-0.15, -0.1) is 0 Å². The minimum absolute atomic E-state index is 0.107. The van der Waals surface area contributed by atoms with Gasteiger partial charge in [0.1, 0.15) is 5.82 Å². The van der Waals surface area contributed by atoms with E-state index in [1.165, 1.54) is 42.6 Å². The Hall–Kier alpha value is -3.24. The van der Waals surface area contributed by atoms with Crippen molar-refractivity contribution in [2.24, 2.45) is 5.14 Å². The van der Waals surface area contributed by atoms with Gasteiger partial charge >= 0.3 is 0 Å². The molecule has 0 amide bonds. The predicted octanol–water partition coefficient (Wildman–Crippen LogP) is 3.14. The fourth-order valence-corrected chi connectivity index (χ4v) is 3.23. The van der Waals surface area contributed by atoms with Gasteiger partial charge in [-0.1, -0.05) is 24.3 Å². The number of allylic oxidation sites excluding steroid dienone is 1.